The minimum atomic E-state index is 0.147. The zero-order chi connectivity index (χ0) is 11.5. The molecule has 1 aromatic carbocycles. The van der Waals surface area contributed by atoms with Gasteiger partial charge < -0.3 is 4.74 Å². The molecule has 1 aromatic heterocycles. The second kappa shape index (κ2) is 4.71. The molecule has 0 saturated carbocycles. The lowest BCUT2D eigenvalue weighted by molar-refractivity contribution is 0.245. The minimum absolute atomic E-state index is 0.147. The van der Waals surface area contributed by atoms with Crippen LogP contribution in [0.3, 0.4) is 0 Å². The van der Waals surface area contributed by atoms with Crippen LogP contribution in [0.4, 0.5) is 0 Å². The molecule has 0 aliphatic heterocycles. The number of hydrogen-bond acceptors (Lipinski definition) is 2. The number of hydrogen-bond donors (Lipinski definition) is 0. The summed E-state index contributed by atoms with van der Waals surface area (Å²) in [5, 5.41) is 1.03. The molecule has 0 aliphatic rings. The summed E-state index contributed by atoms with van der Waals surface area (Å²) in [5.41, 5.74) is 1.77. The number of aromatic nitrogens is 1. The van der Waals surface area contributed by atoms with E-state index in [0.29, 0.717) is 5.88 Å². The standard InChI is InChI=1S/C13H14ClNO/c1-9(2)16-13-7-10(8-14)15-12-6-4-3-5-11(12)13/h3-7,9H,8H2,1-2H3. The summed E-state index contributed by atoms with van der Waals surface area (Å²) in [6.07, 6.45) is 0.147. The van der Waals surface area contributed by atoms with Crippen LogP contribution in [0.15, 0.2) is 30.3 Å². The molecule has 84 valence electrons. The molecule has 0 amide bonds. The van der Waals surface area contributed by atoms with Crippen molar-refractivity contribution in [3.05, 3.63) is 36.0 Å². The summed E-state index contributed by atoms with van der Waals surface area (Å²) < 4.78 is 5.77. The smallest absolute Gasteiger partial charge is 0.130 e. The molecule has 2 rings (SSSR count). The van der Waals surface area contributed by atoms with E-state index in [1.165, 1.54) is 0 Å². The Morgan fingerprint density at radius 1 is 1.31 bits per heavy atom. The predicted molar refractivity (Wildman–Crippen MR) is 67.1 cm³/mol. The van der Waals surface area contributed by atoms with Crippen LogP contribution in [0.25, 0.3) is 10.9 Å². The van der Waals surface area contributed by atoms with E-state index in [2.05, 4.69) is 4.98 Å². The molecule has 0 aliphatic carbocycles. The van der Waals surface area contributed by atoms with Gasteiger partial charge in [0.15, 0.2) is 0 Å². The van der Waals surface area contributed by atoms with Crippen molar-refractivity contribution in [2.24, 2.45) is 0 Å². The van der Waals surface area contributed by atoms with Crippen LogP contribution < -0.4 is 4.74 Å². The number of benzene rings is 1. The summed E-state index contributed by atoms with van der Waals surface area (Å²) in [6.45, 7) is 4.02. The molecule has 0 atom stereocenters. The molecule has 0 fully saturated rings. The molecule has 2 aromatic rings. The zero-order valence-electron chi connectivity index (χ0n) is 9.40. The third-order valence-electron chi connectivity index (χ3n) is 2.23. The first-order chi connectivity index (χ1) is 7.70. The Balaban J connectivity index is 2.59. The zero-order valence-corrected chi connectivity index (χ0v) is 10.2. The van der Waals surface area contributed by atoms with Gasteiger partial charge in [-0.05, 0) is 26.0 Å². The van der Waals surface area contributed by atoms with Crippen molar-refractivity contribution in [2.75, 3.05) is 0 Å². The van der Waals surface area contributed by atoms with E-state index in [1.807, 2.05) is 44.2 Å². The maximum absolute atomic E-state index is 5.82. The maximum atomic E-state index is 5.82. The fourth-order valence-corrected chi connectivity index (χ4v) is 1.75. The van der Waals surface area contributed by atoms with E-state index in [0.717, 1.165) is 22.3 Å². The number of nitrogens with zero attached hydrogens (tertiary/aromatic N) is 1. The highest BCUT2D eigenvalue weighted by atomic mass is 35.5. The van der Waals surface area contributed by atoms with E-state index in [-0.39, 0.29) is 6.10 Å². The van der Waals surface area contributed by atoms with E-state index in [1.54, 1.807) is 0 Å². The Kier molecular flexibility index (Phi) is 3.30. The number of ether oxygens (including phenoxy) is 1. The van der Waals surface area contributed by atoms with Crippen LogP contribution in [0.5, 0.6) is 5.75 Å². The third kappa shape index (κ3) is 2.27. The number of rotatable bonds is 3. The van der Waals surface area contributed by atoms with E-state index in [9.17, 15) is 0 Å². The Labute approximate surface area is 100 Å². The van der Waals surface area contributed by atoms with Crippen molar-refractivity contribution in [1.82, 2.24) is 4.98 Å². The molecule has 0 unspecified atom stereocenters. The average molecular weight is 236 g/mol. The second-order valence-corrected chi connectivity index (χ2v) is 4.20. The fourth-order valence-electron chi connectivity index (χ4n) is 1.62. The van der Waals surface area contributed by atoms with Gasteiger partial charge in [-0.2, -0.15) is 0 Å². The highest BCUT2D eigenvalue weighted by Crippen LogP contribution is 2.26. The molecule has 0 spiro atoms. The number of alkyl halides is 1. The van der Waals surface area contributed by atoms with Crippen LogP contribution in [0.2, 0.25) is 0 Å². The Morgan fingerprint density at radius 2 is 2.06 bits per heavy atom. The summed E-state index contributed by atoms with van der Waals surface area (Å²) in [7, 11) is 0. The molecule has 16 heavy (non-hydrogen) atoms. The van der Waals surface area contributed by atoms with Gasteiger partial charge in [0.25, 0.3) is 0 Å². The van der Waals surface area contributed by atoms with Gasteiger partial charge in [0.2, 0.25) is 0 Å². The van der Waals surface area contributed by atoms with Crippen LogP contribution in [0, 0.1) is 0 Å². The maximum Gasteiger partial charge on any atom is 0.130 e. The monoisotopic (exact) mass is 235 g/mol. The summed E-state index contributed by atoms with van der Waals surface area (Å²) in [6, 6.07) is 9.84. The third-order valence-corrected chi connectivity index (χ3v) is 2.50. The van der Waals surface area contributed by atoms with E-state index >= 15 is 0 Å². The van der Waals surface area contributed by atoms with Crippen molar-refractivity contribution < 1.29 is 4.74 Å². The molecular weight excluding hydrogens is 222 g/mol. The van der Waals surface area contributed by atoms with Gasteiger partial charge in [-0.15, -0.1) is 11.6 Å². The van der Waals surface area contributed by atoms with Crippen molar-refractivity contribution in [3.63, 3.8) is 0 Å². The molecular formula is C13H14ClNO. The van der Waals surface area contributed by atoms with Gasteiger partial charge >= 0.3 is 0 Å². The highest BCUT2D eigenvalue weighted by Gasteiger charge is 2.07. The summed E-state index contributed by atoms with van der Waals surface area (Å²) in [5.74, 6) is 1.26. The Hall–Kier alpha value is -1.28. The Morgan fingerprint density at radius 3 is 2.75 bits per heavy atom. The van der Waals surface area contributed by atoms with Gasteiger partial charge in [-0.1, -0.05) is 12.1 Å². The van der Waals surface area contributed by atoms with E-state index < -0.39 is 0 Å². The first-order valence-electron chi connectivity index (χ1n) is 5.32. The predicted octanol–water partition coefficient (Wildman–Crippen LogP) is 3.76. The van der Waals surface area contributed by atoms with Gasteiger partial charge in [-0.25, -0.2) is 0 Å². The number of halogens is 1. The van der Waals surface area contributed by atoms with Gasteiger partial charge in [0.05, 0.1) is 23.2 Å². The first kappa shape index (κ1) is 11.2. The molecule has 3 heteroatoms. The van der Waals surface area contributed by atoms with Crippen LogP contribution in [-0.2, 0) is 5.88 Å². The molecule has 0 N–H and O–H groups in total. The second-order valence-electron chi connectivity index (χ2n) is 3.93. The Bertz CT molecular complexity index is 496. The first-order valence-corrected chi connectivity index (χ1v) is 5.85. The van der Waals surface area contributed by atoms with Crippen molar-refractivity contribution in [3.8, 4) is 5.75 Å². The normalized spacial score (nSPS) is 11.0. The lowest BCUT2D eigenvalue weighted by atomic mass is 10.2. The lowest BCUT2D eigenvalue weighted by Crippen LogP contribution is -2.06. The van der Waals surface area contributed by atoms with Crippen LogP contribution >= 0.6 is 11.6 Å². The average Bonchev–Trinajstić information content (AvgIpc) is 2.28. The number of para-hydroxylation sites is 1. The van der Waals surface area contributed by atoms with Crippen LogP contribution in [0.1, 0.15) is 19.5 Å². The molecule has 1 heterocycles. The summed E-state index contributed by atoms with van der Waals surface area (Å²) >= 11 is 5.82. The van der Waals surface area contributed by atoms with Crippen molar-refractivity contribution in [1.29, 1.82) is 0 Å². The number of pyridine rings is 1. The van der Waals surface area contributed by atoms with Crippen LogP contribution in [-0.4, -0.2) is 11.1 Å². The highest BCUT2D eigenvalue weighted by molar-refractivity contribution is 6.17. The van der Waals surface area contributed by atoms with E-state index in [4.69, 9.17) is 16.3 Å². The summed E-state index contributed by atoms with van der Waals surface area (Å²) in [4.78, 5) is 4.45. The molecule has 0 bridgehead atoms. The molecule has 0 radical (unpaired) electrons. The number of fused-ring (bicyclic) bond motifs is 1. The van der Waals surface area contributed by atoms with Crippen molar-refractivity contribution >= 4 is 22.5 Å². The molecule has 0 saturated heterocycles. The van der Waals surface area contributed by atoms with Crippen molar-refractivity contribution in [2.45, 2.75) is 25.8 Å². The van der Waals surface area contributed by atoms with Gasteiger partial charge in [0.1, 0.15) is 5.75 Å². The van der Waals surface area contributed by atoms with Gasteiger partial charge in [0, 0.05) is 11.5 Å². The molecule has 2 nitrogen and oxygen atoms in total. The largest absolute Gasteiger partial charge is 0.490 e. The fraction of sp³-hybridized carbons (Fsp3) is 0.308. The quantitative estimate of drug-likeness (QED) is 0.756. The van der Waals surface area contributed by atoms with Gasteiger partial charge in [-0.3, -0.25) is 4.98 Å². The lowest BCUT2D eigenvalue weighted by Gasteiger charge is -2.13. The minimum Gasteiger partial charge on any atom is -0.490 e. The topological polar surface area (TPSA) is 22.1 Å². The SMILES string of the molecule is CC(C)Oc1cc(CCl)nc2ccccc12.